The predicted molar refractivity (Wildman–Crippen MR) is 123 cm³/mol. The molecule has 0 unspecified atom stereocenters. The lowest BCUT2D eigenvalue weighted by Gasteiger charge is -2.10. The average molecular weight is 466 g/mol. The van der Waals surface area contributed by atoms with Gasteiger partial charge in [-0.3, -0.25) is 9.36 Å². The van der Waals surface area contributed by atoms with E-state index in [-0.39, 0.29) is 16.9 Å². The number of hydrogen-bond acceptors (Lipinski definition) is 8. The standard InChI is InChI=1S/C21H15N5O2S3/c1-13-6-5-7-14(10-13)19-24-25-20(28-19)30-12-17(27)23-18-16(11-22)31-21(29)26(18)15-8-3-2-4-9-15/h2-10H,12H2,1H3,(H,23,27). The van der Waals surface area contributed by atoms with Crippen molar-refractivity contribution in [2.24, 2.45) is 0 Å². The van der Waals surface area contributed by atoms with Gasteiger partial charge in [-0.1, -0.05) is 59.0 Å². The Morgan fingerprint density at radius 1 is 1.26 bits per heavy atom. The van der Waals surface area contributed by atoms with Gasteiger partial charge < -0.3 is 9.73 Å². The Bertz CT molecular complexity index is 1340. The molecule has 0 fully saturated rings. The van der Waals surface area contributed by atoms with Crippen LogP contribution in [0.2, 0.25) is 0 Å². The summed E-state index contributed by atoms with van der Waals surface area (Å²) in [5.41, 5.74) is 2.68. The summed E-state index contributed by atoms with van der Waals surface area (Å²) in [7, 11) is 0. The second-order valence-corrected chi connectivity index (χ2v) is 8.98. The summed E-state index contributed by atoms with van der Waals surface area (Å²) in [6.07, 6.45) is 0. The summed E-state index contributed by atoms with van der Waals surface area (Å²) in [6, 6.07) is 19.2. The highest BCUT2D eigenvalue weighted by Crippen LogP contribution is 2.29. The van der Waals surface area contributed by atoms with Crippen molar-refractivity contribution in [3.63, 3.8) is 0 Å². The molecule has 2 aromatic carbocycles. The predicted octanol–water partition coefficient (Wildman–Crippen LogP) is 5.23. The molecule has 0 spiro atoms. The molecule has 2 heterocycles. The van der Waals surface area contributed by atoms with Crippen LogP contribution in [0.15, 0.2) is 64.2 Å². The average Bonchev–Trinajstić information content (AvgIpc) is 3.37. The van der Waals surface area contributed by atoms with Gasteiger partial charge >= 0.3 is 0 Å². The Labute approximate surface area is 191 Å². The summed E-state index contributed by atoms with van der Waals surface area (Å²) >= 11 is 7.67. The first-order valence-electron chi connectivity index (χ1n) is 9.09. The second kappa shape index (κ2) is 9.26. The first kappa shape index (κ1) is 21.0. The van der Waals surface area contributed by atoms with Crippen molar-refractivity contribution in [2.45, 2.75) is 12.1 Å². The number of benzene rings is 2. The fraction of sp³-hybridized carbons (Fsp3) is 0.0952. The molecule has 10 heteroatoms. The minimum absolute atomic E-state index is 0.0394. The number of aromatic nitrogens is 3. The number of para-hydroxylation sites is 1. The molecule has 0 saturated carbocycles. The third-order valence-corrected chi connectivity index (χ3v) is 6.28. The lowest BCUT2D eigenvalue weighted by Crippen LogP contribution is -2.17. The van der Waals surface area contributed by atoms with Crippen molar-refractivity contribution < 1.29 is 9.21 Å². The molecule has 4 rings (SSSR count). The summed E-state index contributed by atoms with van der Waals surface area (Å²) in [6.45, 7) is 1.98. The van der Waals surface area contributed by atoms with Crippen LogP contribution in [0.4, 0.5) is 5.82 Å². The van der Waals surface area contributed by atoms with Crippen LogP contribution in [0.25, 0.3) is 17.1 Å². The molecule has 154 valence electrons. The summed E-state index contributed by atoms with van der Waals surface area (Å²) in [4.78, 5) is 12.9. The zero-order valence-electron chi connectivity index (χ0n) is 16.2. The van der Waals surface area contributed by atoms with Crippen molar-refractivity contribution in [3.05, 3.63) is 69.0 Å². The number of carbonyl (C=O) groups excluding carboxylic acids is 1. The topological polar surface area (TPSA) is 96.7 Å². The highest BCUT2D eigenvalue weighted by atomic mass is 32.2. The molecular formula is C21H15N5O2S3. The van der Waals surface area contributed by atoms with Crippen LogP contribution >= 0.6 is 35.3 Å². The van der Waals surface area contributed by atoms with E-state index in [1.807, 2.05) is 61.5 Å². The van der Waals surface area contributed by atoms with Gasteiger partial charge in [-0.25, -0.2) is 0 Å². The molecule has 0 aliphatic heterocycles. The number of hydrogen-bond donors (Lipinski definition) is 1. The van der Waals surface area contributed by atoms with Gasteiger partial charge in [0.25, 0.3) is 5.22 Å². The first-order valence-corrected chi connectivity index (χ1v) is 11.3. The minimum atomic E-state index is -0.311. The fourth-order valence-electron chi connectivity index (χ4n) is 2.83. The number of nitrogens with one attached hydrogen (secondary N) is 1. The number of nitrogens with zero attached hydrogens (tertiary/aromatic N) is 4. The SMILES string of the molecule is Cc1cccc(-c2nnc(SCC(=O)Nc3c(C#N)sc(=S)n3-c3ccccc3)o2)c1. The Morgan fingerprint density at radius 3 is 2.81 bits per heavy atom. The van der Waals surface area contributed by atoms with E-state index in [0.717, 1.165) is 39.9 Å². The van der Waals surface area contributed by atoms with Crippen LogP contribution in [0, 0.1) is 22.2 Å². The Morgan fingerprint density at radius 2 is 2.06 bits per heavy atom. The van der Waals surface area contributed by atoms with Gasteiger partial charge in [0, 0.05) is 11.3 Å². The highest BCUT2D eigenvalue weighted by Gasteiger charge is 2.18. The zero-order chi connectivity index (χ0) is 21.8. The Balaban J connectivity index is 1.48. The van der Waals surface area contributed by atoms with Crippen LogP contribution in [-0.4, -0.2) is 26.4 Å². The summed E-state index contributed by atoms with van der Waals surface area (Å²) in [5, 5.41) is 20.6. The Hall–Kier alpha value is -3.26. The number of carbonyl (C=O) groups is 1. The van der Waals surface area contributed by atoms with E-state index in [9.17, 15) is 10.1 Å². The van der Waals surface area contributed by atoms with Gasteiger partial charge in [0.15, 0.2) is 3.95 Å². The van der Waals surface area contributed by atoms with Gasteiger partial charge in [-0.2, -0.15) is 5.26 Å². The molecular weight excluding hydrogens is 450 g/mol. The van der Waals surface area contributed by atoms with Gasteiger partial charge in [0.2, 0.25) is 11.8 Å². The number of amides is 1. The normalized spacial score (nSPS) is 10.6. The van der Waals surface area contributed by atoms with Crippen molar-refractivity contribution in [1.29, 1.82) is 5.26 Å². The van der Waals surface area contributed by atoms with Gasteiger partial charge in [0.1, 0.15) is 16.8 Å². The second-order valence-electron chi connectivity index (χ2n) is 6.41. The maximum atomic E-state index is 12.6. The van der Waals surface area contributed by atoms with Crippen LogP contribution in [0.5, 0.6) is 0 Å². The van der Waals surface area contributed by atoms with E-state index < -0.39 is 0 Å². The van der Waals surface area contributed by atoms with E-state index in [4.69, 9.17) is 16.6 Å². The number of anilines is 1. The molecule has 7 nitrogen and oxygen atoms in total. The largest absolute Gasteiger partial charge is 0.411 e. The van der Waals surface area contributed by atoms with Gasteiger partial charge in [-0.05, 0) is 43.4 Å². The van der Waals surface area contributed by atoms with Gasteiger partial charge in [0.05, 0.1) is 5.75 Å². The van der Waals surface area contributed by atoms with E-state index in [1.54, 1.807) is 4.57 Å². The summed E-state index contributed by atoms with van der Waals surface area (Å²) in [5.74, 6) is 0.487. The smallest absolute Gasteiger partial charge is 0.277 e. The van der Waals surface area contributed by atoms with E-state index in [2.05, 4.69) is 21.6 Å². The first-order chi connectivity index (χ1) is 15.0. The number of aryl methyl sites for hydroxylation is 1. The zero-order valence-corrected chi connectivity index (χ0v) is 18.7. The van der Waals surface area contributed by atoms with E-state index in [0.29, 0.717) is 20.5 Å². The number of thiazole rings is 1. The maximum absolute atomic E-state index is 12.6. The molecule has 2 aromatic heterocycles. The monoisotopic (exact) mass is 465 g/mol. The quantitative estimate of drug-likeness (QED) is 0.308. The molecule has 31 heavy (non-hydrogen) atoms. The molecule has 0 aliphatic rings. The van der Waals surface area contributed by atoms with Crippen molar-refractivity contribution in [1.82, 2.24) is 14.8 Å². The molecule has 4 aromatic rings. The van der Waals surface area contributed by atoms with Crippen LogP contribution in [-0.2, 0) is 4.79 Å². The van der Waals surface area contributed by atoms with Crippen molar-refractivity contribution >= 4 is 47.0 Å². The third kappa shape index (κ3) is 4.74. The molecule has 0 atom stereocenters. The molecule has 1 N–H and O–H groups in total. The minimum Gasteiger partial charge on any atom is -0.411 e. The van der Waals surface area contributed by atoms with Crippen LogP contribution < -0.4 is 5.32 Å². The van der Waals surface area contributed by atoms with Crippen molar-refractivity contribution in [2.75, 3.05) is 11.1 Å². The maximum Gasteiger partial charge on any atom is 0.277 e. The Kier molecular flexibility index (Phi) is 6.27. The lowest BCUT2D eigenvalue weighted by molar-refractivity contribution is -0.113. The number of rotatable bonds is 6. The number of nitriles is 1. The van der Waals surface area contributed by atoms with Crippen molar-refractivity contribution in [3.8, 4) is 23.2 Å². The van der Waals surface area contributed by atoms with Gasteiger partial charge in [-0.15, -0.1) is 10.2 Å². The fourth-order valence-corrected chi connectivity index (χ4v) is 4.59. The summed E-state index contributed by atoms with van der Waals surface area (Å²) < 4.78 is 7.82. The number of thioether (sulfide) groups is 1. The molecule has 0 bridgehead atoms. The van der Waals surface area contributed by atoms with E-state index in [1.165, 1.54) is 0 Å². The highest BCUT2D eigenvalue weighted by molar-refractivity contribution is 7.99. The van der Waals surface area contributed by atoms with E-state index >= 15 is 0 Å². The van der Waals surface area contributed by atoms with Crippen LogP contribution in [0.3, 0.4) is 0 Å². The lowest BCUT2D eigenvalue weighted by atomic mass is 10.1. The molecule has 0 saturated heterocycles. The molecule has 0 radical (unpaired) electrons. The molecule has 0 aliphatic carbocycles. The third-order valence-electron chi connectivity index (χ3n) is 4.18. The molecule has 1 amide bonds. The van der Waals surface area contributed by atoms with Crippen LogP contribution in [0.1, 0.15) is 10.4 Å².